The number of carbonyl (C=O) groups is 2. The average Bonchev–Trinajstić information content (AvgIpc) is 2.97. The van der Waals surface area contributed by atoms with Crippen LogP contribution in [0.2, 0.25) is 5.02 Å². The van der Waals surface area contributed by atoms with E-state index in [1.807, 2.05) is 26.0 Å². The SMILES string of the molecule is CCCCN(C(=O)Nc1cc(C(N)=O)c(Cl)cc1F)C1CCN(Cc2ccc(Oc3ccc(CS(C)(=O)=O)cc3C)nc2)CC1. The molecule has 4 rings (SSSR count). The maximum atomic E-state index is 14.6. The van der Waals surface area contributed by atoms with Crippen LogP contribution < -0.4 is 15.8 Å². The molecule has 2 heterocycles. The van der Waals surface area contributed by atoms with Crippen LogP contribution in [0.25, 0.3) is 0 Å². The normalized spacial score (nSPS) is 14.2. The highest BCUT2D eigenvalue weighted by atomic mass is 35.5. The fraction of sp³-hybridized carbons (Fsp3) is 0.406. The van der Waals surface area contributed by atoms with Crippen molar-refractivity contribution in [1.29, 1.82) is 0 Å². The molecule has 1 fully saturated rings. The third-order valence-corrected chi connectivity index (χ3v) is 8.83. The van der Waals surface area contributed by atoms with Crippen LogP contribution in [0.4, 0.5) is 14.9 Å². The number of ether oxygens (including phenoxy) is 1. The number of carbonyl (C=O) groups excluding carboxylic acids is 2. The molecule has 242 valence electrons. The lowest BCUT2D eigenvalue weighted by Crippen LogP contribution is -2.49. The zero-order valence-corrected chi connectivity index (χ0v) is 27.3. The minimum atomic E-state index is -3.12. The number of aryl methyl sites for hydroxylation is 1. The third kappa shape index (κ3) is 9.62. The number of hydrogen-bond donors (Lipinski definition) is 2. The van der Waals surface area contributed by atoms with E-state index in [0.29, 0.717) is 30.3 Å². The summed E-state index contributed by atoms with van der Waals surface area (Å²) in [6.07, 6.45) is 6.17. The minimum absolute atomic E-state index is 0.0230. The summed E-state index contributed by atoms with van der Waals surface area (Å²) in [5, 5.41) is 2.50. The van der Waals surface area contributed by atoms with Crippen molar-refractivity contribution in [1.82, 2.24) is 14.8 Å². The van der Waals surface area contributed by atoms with Crippen molar-refractivity contribution in [3.63, 3.8) is 0 Å². The molecular formula is C32H39ClFN5O5S. The number of likely N-dealkylation sites (tertiary alicyclic amines) is 1. The van der Waals surface area contributed by atoms with Crippen LogP contribution in [0.1, 0.15) is 59.7 Å². The maximum Gasteiger partial charge on any atom is 0.322 e. The van der Waals surface area contributed by atoms with E-state index < -0.39 is 27.6 Å². The Morgan fingerprint density at radius 1 is 1.16 bits per heavy atom. The Hall–Kier alpha value is -3.74. The lowest BCUT2D eigenvalue weighted by atomic mass is 10.0. The molecule has 1 aromatic heterocycles. The molecule has 1 saturated heterocycles. The van der Waals surface area contributed by atoms with Crippen molar-refractivity contribution in [3.05, 3.63) is 81.8 Å². The second kappa shape index (κ2) is 15.0. The number of benzene rings is 2. The standard InChI is InChI=1S/C32H39ClFN5O5S/c1-4-5-12-39(32(41)37-28-16-25(31(35)40)26(33)17-27(28)34)24-10-13-38(14-11-24)19-23-7-9-30(36-18-23)44-29-8-6-22(15-21(29)2)20-45(3,42)43/h6-9,15-18,24H,4-5,10-14,19-20H2,1-3H3,(H2,35,40)(H,37,41). The molecule has 1 aliphatic heterocycles. The number of anilines is 1. The number of nitrogens with two attached hydrogens (primary N) is 1. The van der Waals surface area contributed by atoms with E-state index in [4.69, 9.17) is 22.1 Å². The number of halogens is 2. The Bertz CT molecular complexity index is 1630. The first kappa shape index (κ1) is 34.1. The number of nitrogens with one attached hydrogen (secondary N) is 1. The number of piperidine rings is 1. The Morgan fingerprint density at radius 3 is 2.47 bits per heavy atom. The van der Waals surface area contributed by atoms with Crippen LogP contribution >= 0.6 is 11.6 Å². The summed E-state index contributed by atoms with van der Waals surface area (Å²) in [6.45, 7) is 6.64. The predicted octanol–water partition coefficient (Wildman–Crippen LogP) is 5.92. The second-order valence-electron chi connectivity index (χ2n) is 11.4. The number of nitrogens with zero attached hydrogens (tertiary/aromatic N) is 3. The first-order valence-corrected chi connectivity index (χ1v) is 17.3. The number of pyridine rings is 1. The summed E-state index contributed by atoms with van der Waals surface area (Å²) in [7, 11) is -3.12. The van der Waals surface area contributed by atoms with Gasteiger partial charge in [-0.25, -0.2) is 22.6 Å². The van der Waals surface area contributed by atoms with Crippen molar-refractivity contribution in [2.45, 2.75) is 57.9 Å². The second-order valence-corrected chi connectivity index (χ2v) is 14.0. The number of amides is 3. The van der Waals surface area contributed by atoms with Gasteiger partial charge in [0.1, 0.15) is 11.6 Å². The van der Waals surface area contributed by atoms with Gasteiger partial charge in [0.15, 0.2) is 9.84 Å². The van der Waals surface area contributed by atoms with Crippen molar-refractivity contribution >= 4 is 39.1 Å². The molecule has 3 aromatic rings. The van der Waals surface area contributed by atoms with Crippen LogP contribution in [0, 0.1) is 12.7 Å². The molecule has 0 unspecified atom stereocenters. The Morgan fingerprint density at radius 2 is 1.87 bits per heavy atom. The number of hydrogen-bond acceptors (Lipinski definition) is 7. The number of sulfone groups is 1. The fourth-order valence-electron chi connectivity index (χ4n) is 5.34. The quantitative estimate of drug-likeness (QED) is 0.247. The molecule has 1 aliphatic rings. The molecule has 45 heavy (non-hydrogen) atoms. The number of rotatable bonds is 12. The smallest absolute Gasteiger partial charge is 0.322 e. The van der Waals surface area contributed by atoms with Crippen molar-refractivity contribution in [2.24, 2.45) is 5.73 Å². The molecule has 3 N–H and O–H groups in total. The lowest BCUT2D eigenvalue weighted by Gasteiger charge is -2.38. The Kier molecular flexibility index (Phi) is 11.4. The van der Waals surface area contributed by atoms with E-state index in [-0.39, 0.29) is 28.1 Å². The lowest BCUT2D eigenvalue weighted by molar-refractivity contribution is 0.1000. The van der Waals surface area contributed by atoms with E-state index in [9.17, 15) is 22.4 Å². The molecule has 0 spiro atoms. The molecule has 0 bridgehead atoms. The van der Waals surface area contributed by atoms with Crippen LogP contribution in [0.5, 0.6) is 11.6 Å². The molecule has 10 nitrogen and oxygen atoms in total. The van der Waals surface area contributed by atoms with Gasteiger partial charge in [-0.15, -0.1) is 0 Å². The number of aromatic nitrogens is 1. The first-order valence-electron chi connectivity index (χ1n) is 14.8. The first-order chi connectivity index (χ1) is 21.3. The van der Waals surface area contributed by atoms with Crippen LogP contribution in [0.3, 0.4) is 0 Å². The van der Waals surface area contributed by atoms with E-state index in [1.165, 1.54) is 12.3 Å². The van der Waals surface area contributed by atoms with Gasteiger partial charge in [-0.2, -0.15) is 0 Å². The summed E-state index contributed by atoms with van der Waals surface area (Å²) >= 11 is 5.93. The van der Waals surface area contributed by atoms with Gasteiger partial charge in [0.25, 0.3) is 0 Å². The molecule has 3 amide bonds. The topological polar surface area (TPSA) is 135 Å². The van der Waals surface area contributed by atoms with E-state index >= 15 is 0 Å². The van der Waals surface area contributed by atoms with Crippen LogP contribution in [-0.2, 0) is 22.1 Å². The largest absolute Gasteiger partial charge is 0.439 e. The summed E-state index contributed by atoms with van der Waals surface area (Å²) < 4.78 is 43.7. The van der Waals surface area contributed by atoms with Crippen molar-refractivity contribution in [2.75, 3.05) is 31.2 Å². The van der Waals surface area contributed by atoms with Gasteiger partial charge in [-0.1, -0.05) is 43.1 Å². The van der Waals surface area contributed by atoms with Gasteiger partial charge >= 0.3 is 6.03 Å². The van der Waals surface area contributed by atoms with Gasteiger partial charge in [-0.05, 0) is 61.1 Å². The zero-order valence-electron chi connectivity index (χ0n) is 25.7. The number of urea groups is 1. The Labute approximate surface area is 268 Å². The average molecular weight is 660 g/mol. The highest BCUT2D eigenvalue weighted by molar-refractivity contribution is 7.89. The monoisotopic (exact) mass is 659 g/mol. The van der Waals surface area contributed by atoms with Crippen molar-refractivity contribution in [3.8, 4) is 11.6 Å². The molecule has 0 aliphatic carbocycles. The fourth-order valence-corrected chi connectivity index (χ4v) is 6.37. The highest BCUT2D eigenvalue weighted by Gasteiger charge is 2.28. The predicted molar refractivity (Wildman–Crippen MR) is 173 cm³/mol. The van der Waals surface area contributed by atoms with Gasteiger partial charge < -0.3 is 20.7 Å². The van der Waals surface area contributed by atoms with Crippen LogP contribution in [-0.4, -0.2) is 67.1 Å². The molecule has 2 aromatic carbocycles. The number of unbranched alkanes of at least 4 members (excludes halogenated alkanes) is 1. The van der Waals surface area contributed by atoms with Gasteiger partial charge in [0.2, 0.25) is 11.8 Å². The van der Waals surface area contributed by atoms with E-state index in [2.05, 4.69) is 15.2 Å². The maximum absolute atomic E-state index is 14.6. The molecule has 13 heteroatoms. The highest BCUT2D eigenvalue weighted by Crippen LogP contribution is 2.27. The van der Waals surface area contributed by atoms with E-state index in [1.54, 1.807) is 29.3 Å². The number of primary amides is 1. The molecule has 0 atom stereocenters. The zero-order chi connectivity index (χ0) is 32.7. The van der Waals surface area contributed by atoms with Crippen LogP contribution in [0.15, 0.2) is 48.7 Å². The third-order valence-electron chi connectivity index (χ3n) is 7.66. The summed E-state index contributed by atoms with van der Waals surface area (Å²) in [6, 6.07) is 10.7. The van der Waals surface area contributed by atoms with Gasteiger partial charge in [0, 0.05) is 50.7 Å². The summed E-state index contributed by atoms with van der Waals surface area (Å²) in [5.41, 5.74) is 7.68. The molecular weight excluding hydrogens is 621 g/mol. The van der Waals surface area contributed by atoms with Crippen molar-refractivity contribution < 1.29 is 27.1 Å². The molecule has 0 saturated carbocycles. The Balaban J connectivity index is 1.33. The minimum Gasteiger partial charge on any atom is -0.439 e. The molecule has 0 radical (unpaired) electrons. The summed E-state index contributed by atoms with van der Waals surface area (Å²) in [5.74, 6) is -0.527. The van der Waals surface area contributed by atoms with E-state index in [0.717, 1.165) is 56.0 Å². The summed E-state index contributed by atoms with van der Waals surface area (Å²) in [4.78, 5) is 33.5. The van der Waals surface area contributed by atoms with Gasteiger partial charge in [0.05, 0.1) is 22.0 Å². The van der Waals surface area contributed by atoms with Gasteiger partial charge in [-0.3, -0.25) is 9.69 Å².